The lowest BCUT2D eigenvalue weighted by Crippen LogP contribution is -2.54. The molecule has 4 amide bonds. The summed E-state index contributed by atoms with van der Waals surface area (Å²) >= 11 is 5.97. The highest BCUT2D eigenvalue weighted by atomic mass is 35.5. The number of ether oxygens (including phenoxy) is 1. The predicted molar refractivity (Wildman–Crippen MR) is 114 cm³/mol. The molecule has 0 saturated carbocycles. The van der Waals surface area contributed by atoms with Crippen LogP contribution in [0.3, 0.4) is 0 Å². The molecule has 2 N–H and O–H groups in total. The van der Waals surface area contributed by atoms with Crippen LogP contribution >= 0.6 is 11.6 Å². The van der Waals surface area contributed by atoms with Crippen molar-refractivity contribution in [2.75, 3.05) is 11.5 Å². The summed E-state index contributed by atoms with van der Waals surface area (Å²) in [5.74, 6) is -1.42. The molecule has 0 spiro atoms. The average molecular weight is 427 g/mol. The molecule has 154 valence electrons. The number of barbiturate groups is 1. The number of phenols is 1. The Kier molecular flexibility index (Phi) is 6.23. The quantitative estimate of drug-likeness (QED) is 0.415. The van der Waals surface area contributed by atoms with Gasteiger partial charge in [-0.25, -0.2) is 9.69 Å². The van der Waals surface area contributed by atoms with Gasteiger partial charge in [-0.1, -0.05) is 23.7 Å². The van der Waals surface area contributed by atoms with E-state index in [9.17, 15) is 19.5 Å². The zero-order valence-electron chi connectivity index (χ0n) is 16.1. The van der Waals surface area contributed by atoms with Crippen LogP contribution in [-0.2, 0) is 16.0 Å². The van der Waals surface area contributed by atoms with Gasteiger partial charge in [0, 0.05) is 10.6 Å². The Balaban J connectivity index is 2.07. The maximum atomic E-state index is 13.0. The Morgan fingerprint density at radius 2 is 2.00 bits per heavy atom. The number of nitrogens with one attached hydrogen (secondary N) is 1. The molecule has 0 atom stereocenters. The first-order valence-electron chi connectivity index (χ1n) is 9.12. The summed E-state index contributed by atoms with van der Waals surface area (Å²) in [4.78, 5) is 38.5. The van der Waals surface area contributed by atoms with Gasteiger partial charge in [0.25, 0.3) is 11.8 Å². The van der Waals surface area contributed by atoms with Gasteiger partial charge in [-0.05, 0) is 55.3 Å². The number of rotatable bonds is 6. The van der Waals surface area contributed by atoms with Gasteiger partial charge in [0.2, 0.25) is 0 Å². The molecule has 0 unspecified atom stereocenters. The minimum atomic E-state index is -0.863. The first kappa shape index (κ1) is 21.1. The number of hydrogen-bond acceptors (Lipinski definition) is 5. The SMILES string of the molecule is C=CCc1cc(/C=C2\C(=O)NC(=O)N(c3cccc(Cl)c3)C2=O)cc(OCC)c1O. The molecule has 1 fully saturated rings. The number of carbonyl (C=O) groups is 3. The van der Waals surface area contributed by atoms with Crippen LogP contribution in [0.4, 0.5) is 10.5 Å². The van der Waals surface area contributed by atoms with Crippen molar-refractivity contribution in [1.29, 1.82) is 0 Å². The minimum absolute atomic E-state index is 0.0333. The molecule has 2 aromatic carbocycles. The van der Waals surface area contributed by atoms with Crippen LogP contribution in [0.25, 0.3) is 6.08 Å². The number of urea groups is 1. The summed E-state index contributed by atoms with van der Waals surface area (Å²) < 4.78 is 5.45. The number of allylic oxidation sites excluding steroid dienone is 1. The summed E-state index contributed by atoms with van der Waals surface area (Å²) in [6.45, 7) is 5.75. The third kappa shape index (κ3) is 4.21. The van der Waals surface area contributed by atoms with Crippen molar-refractivity contribution in [2.24, 2.45) is 0 Å². The van der Waals surface area contributed by atoms with Crippen LogP contribution in [0.2, 0.25) is 5.02 Å². The molecule has 2 aromatic rings. The lowest BCUT2D eigenvalue weighted by Gasteiger charge is -2.26. The fourth-order valence-electron chi connectivity index (χ4n) is 3.02. The molecule has 0 aromatic heterocycles. The molecule has 3 rings (SSSR count). The number of hydrogen-bond donors (Lipinski definition) is 2. The highest BCUT2D eigenvalue weighted by Crippen LogP contribution is 2.33. The third-order valence-corrected chi connectivity index (χ3v) is 4.55. The van der Waals surface area contributed by atoms with Gasteiger partial charge in [0.05, 0.1) is 12.3 Å². The van der Waals surface area contributed by atoms with Crippen molar-refractivity contribution in [3.05, 3.63) is 70.8 Å². The number of carbonyl (C=O) groups excluding carboxylic acids is 3. The first-order chi connectivity index (χ1) is 14.3. The van der Waals surface area contributed by atoms with E-state index in [0.29, 0.717) is 29.2 Å². The van der Waals surface area contributed by atoms with Crippen molar-refractivity contribution in [3.63, 3.8) is 0 Å². The smallest absolute Gasteiger partial charge is 0.335 e. The monoisotopic (exact) mass is 426 g/mol. The van der Waals surface area contributed by atoms with E-state index in [4.69, 9.17) is 16.3 Å². The Bertz CT molecular complexity index is 1080. The van der Waals surface area contributed by atoms with E-state index < -0.39 is 17.8 Å². The number of aromatic hydroxyl groups is 1. The van der Waals surface area contributed by atoms with Crippen molar-refractivity contribution in [2.45, 2.75) is 13.3 Å². The highest BCUT2D eigenvalue weighted by molar-refractivity contribution is 6.39. The van der Waals surface area contributed by atoms with Crippen LogP contribution in [0.5, 0.6) is 11.5 Å². The first-order valence-corrected chi connectivity index (χ1v) is 9.50. The van der Waals surface area contributed by atoms with Crippen LogP contribution in [0.1, 0.15) is 18.1 Å². The van der Waals surface area contributed by atoms with Crippen molar-refractivity contribution in [1.82, 2.24) is 5.32 Å². The predicted octanol–water partition coefficient (Wildman–Crippen LogP) is 3.84. The van der Waals surface area contributed by atoms with Crippen LogP contribution < -0.4 is 15.0 Å². The van der Waals surface area contributed by atoms with Crippen LogP contribution in [-0.4, -0.2) is 29.6 Å². The maximum Gasteiger partial charge on any atom is 0.335 e. The Labute approximate surface area is 178 Å². The van der Waals surface area contributed by atoms with Crippen molar-refractivity contribution >= 4 is 41.2 Å². The normalized spacial score (nSPS) is 15.3. The molecule has 0 aliphatic carbocycles. The van der Waals surface area contributed by atoms with Crippen LogP contribution in [0.15, 0.2) is 54.6 Å². The van der Waals surface area contributed by atoms with Crippen molar-refractivity contribution in [3.8, 4) is 11.5 Å². The number of nitrogens with zero attached hydrogens (tertiary/aromatic N) is 1. The van der Waals surface area contributed by atoms with E-state index >= 15 is 0 Å². The topological polar surface area (TPSA) is 95.9 Å². The van der Waals surface area contributed by atoms with Gasteiger partial charge in [0.15, 0.2) is 11.5 Å². The number of anilines is 1. The van der Waals surface area contributed by atoms with Gasteiger partial charge in [0.1, 0.15) is 5.57 Å². The van der Waals surface area contributed by atoms with E-state index in [1.54, 1.807) is 31.2 Å². The number of phenolic OH excluding ortho intramolecular Hbond substituents is 1. The third-order valence-electron chi connectivity index (χ3n) is 4.32. The lowest BCUT2D eigenvalue weighted by molar-refractivity contribution is -0.122. The Morgan fingerprint density at radius 1 is 1.23 bits per heavy atom. The van der Waals surface area contributed by atoms with Gasteiger partial charge >= 0.3 is 6.03 Å². The maximum absolute atomic E-state index is 13.0. The fraction of sp³-hybridized carbons (Fsp3) is 0.136. The van der Waals surface area contributed by atoms with E-state index in [1.807, 2.05) is 0 Å². The molecule has 1 heterocycles. The van der Waals surface area contributed by atoms with Gasteiger partial charge < -0.3 is 9.84 Å². The van der Waals surface area contributed by atoms with Crippen LogP contribution in [0, 0.1) is 0 Å². The highest BCUT2D eigenvalue weighted by Gasteiger charge is 2.37. The molecule has 1 aliphatic rings. The molecule has 0 radical (unpaired) electrons. The fourth-order valence-corrected chi connectivity index (χ4v) is 3.21. The minimum Gasteiger partial charge on any atom is -0.504 e. The standard InChI is InChI=1S/C22H19ClN2O5/c1-3-6-14-9-13(11-18(19(14)26)30-4-2)10-17-20(27)24-22(29)25(21(17)28)16-8-5-7-15(23)12-16/h3,5,7-12,26H,1,4,6H2,2H3,(H,24,27,29)/b17-10+. The second-order valence-electron chi connectivity index (χ2n) is 6.39. The van der Waals surface area contributed by atoms with Crippen molar-refractivity contribution < 1.29 is 24.2 Å². The number of amides is 4. The Hall–Kier alpha value is -3.58. The summed E-state index contributed by atoms with van der Waals surface area (Å²) in [5, 5.41) is 12.8. The second-order valence-corrected chi connectivity index (χ2v) is 6.83. The molecular weight excluding hydrogens is 408 g/mol. The summed E-state index contributed by atoms with van der Waals surface area (Å²) in [6, 6.07) is 8.44. The van der Waals surface area contributed by atoms with Gasteiger partial charge in [-0.3, -0.25) is 14.9 Å². The molecular formula is C22H19ClN2O5. The summed E-state index contributed by atoms with van der Waals surface area (Å²) in [7, 11) is 0. The lowest BCUT2D eigenvalue weighted by atomic mass is 10.0. The molecule has 0 bridgehead atoms. The largest absolute Gasteiger partial charge is 0.504 e. The molecule has 8 heteroatoms. The van der Waals surface area contributed by atoms with Gasteiger partial charge in [-0.2, -0.15) is 0 Å². The number of benzene rings is 2. The number of imide groups is 2. The molecule has 1 saturated heterocycles. The summed E-state index contributed by atoms with van der Waals surface area (Å²) in [6.07, 6.45) is 3.31. The zero-order chi connectivity index (χ0) is 21.8. The number of halogens is 1. The average Bonchev–Trinajstić information content (AvgIpc) is 2.69. The van der Waals surface area contributed by atoms with Gasteiger partial charge in [-0.15, -0.1) is 6.58 Å². The zero-order valence-corrected chi connectivity index (χ0v) is 16.9. The molecule has 1 aliphatic heterocycles. The summed E-state index contributed by atoms with van der Waals surface area (Å²) in [5.41, 5.74) is 0.963. The van der Waals surface area contributed by atoms with E-state index in [0.717, 1.165) is 4.90 Å². The Morgan fingerprint density at radius 3 is 2.67 bits per heavy atom. The van der Waals surface area contributed by atoms with E-state index in [-0.39, 0.29) is 22.8 Å². The second kappa shape index (κ2) is 8.84. The molecule has 30 heavy (non-hydrogen) atoms. The van der Waals surface area contributed by atoms with E-state index in [1.165, 1.54) is 24.3 Å². The molecule has 7 nitrogen and oxygen atoms in total. The van der Waals surface area contributed by atoms with E-state index in [2.05, 4.69) is 11.9 Å².